The number of aliphatic hydroxyl groups excluding tert-OH is 1. The maximum atomic E-state index is 13.9. The molecule has 4 rings (SSSR count). The van der Waals surface area contributed by atoms with Crippen molar-refractivity contribution in [3.05, 3.63) is 137 Å². The Balaban J connectivity index is 1.50. The van der Waals surface area contributed by atoms with Crippen LogP contribution in [0, 0.1) is 19.8 Å². The predicted molar refractivity (Wildman–Crippen MR) is 210 cm³/mol. The first-order chi connectivity index (χ1) is 25.5. The quantitative estimate of drug-likeness (QED) is 0.0864. The Labute approximate surface area is 313 Å². The second-order valence-electron chi connectivity index (χ2n) is 13.9. The van der Waals surface area contributed by atoms with Gasteiger partial charge in [0.2, 0.25) is 11.8 Å². The minimum absolute atomic E-state index is 0.102. The molecule has 4 aromatic carbocycles. The number of rotatable bonds is 19. The minimum atomic E-state index is -1.04. The van der Waals surface area contributed by atoms with E-state index in [0.717, 1.165) is 27.8 Å². The van der Waals surface area contributed by atoms with E-state index in [1.807, 2.05) is 119 Å². The SMILES string of the molecule is COc1ccc(C=CC(=O)N[C@@H](CC(C)C)C(=O)N[C@@H](Cc2ccccc2)[C@@H](O)C[C@H](Cc2ccccc2)NC(=O)COc2c(C)cccc2C)cc1. The van der Waals surface area contributed by atoms with Crippen molar-refractivity contribution >= 4 is 23.8 Å². The third-order valence-electron chi connectivity index (χ3n) is 8.95. The molecule has 0 spiro atoms. The third-order valence-corrected chi connectivity index (χ3v) is 8.95. The van der Waals surface area contributed by atoms with Crippen LogP contribution in [-0.2, 0) is 27.2 Å². The summed E-state index contributed by atoms with van der Waals surface area (Å²) in [5, 5.41) is 20.9. The van der Waals surface area contributed by atoms with Crippen LogP contribution < -0.4 is 25.4 Å². The van der Waals surface area contributed by atoms with Gasteiger partial charge in [0, 0.05) is 12.1 Å². The average Bonchev–Trinajstić information content (AvgIpc) is 3.14. The third kappa shape index (κ3) is 13.6. The molecule has 0 aliphatic carbocycles. The number of ether oxygens (including phenoxy) is 2. The molecule has 0 heterocycles. The Hall–Kier alpha value is -5.41. The second-order valence-corrected chi connectivity index (χ2v) is 13.9. The molecule has 3 amide bonds. The first-order valence-corrected chi connectivity index (χ1v) is 18.2. The van der Waals surface area contributed by atoms with Crippen LogP contribution in [0.3, 0.4) is 0 Å². The molecular weight excluding hydrogens is 666 g/mol. The molecule has 0 radical (unpaired) electrons. The number of carbonyl (C=O) groups excluding carboxylic acids is 3. The van der Waals surface area contributed by atoms with E-state index >= 15 is 0 Å². The van der Waals surface area contributed by atoms with E-state index in [0.29, 0.717) is 30.8 Å². The van der Waals surface area contributed by atoms with Crippen molar-refractivity contribution in [1.29, 1.82) is 0 Å². The van der Waals surface area contributed by atoms with E-state index in [1.165, 1.54) is 6.08 Å². The fourth-order valence-electron chi connectivity index (χ4n) is 6.23. The van der Waals surface area contributed by atoms with Crippen molar-refractivity contribution in [2.24, 2.45) is 5.92 Å². The number of amides is 3. The molecule has 0 aromatic heterocycles. The molecule has 0 fully saturated rings. The van der Waals surface area contributed by atoms with E-state index in [1.54, 1.807) is 25.3 Å². The van der Waals surface area contributed by atoms with Crippen molar-refractivity contribution < 1.29 is 29.0 Å². The van der Waals surface area contributed by atoms with Crippen LogP contribution in [0.25, 0.3) is 6.08 Å². The lowest BCUT2D eigenvalue weighted by Gasteiger charge is -2.30. The first-order valence-electron chi connectivity index (χ1n) is 18.2. The zero-order chi connectivity index (χ0) is 38.2. The number of hydrogen-bond acceptors (Lipinski definition) is 6. The van der Waals surface area contributed by atoms with Gasteiger partial charge in [-0.15, -0.1) is 0 Å². The first kappa shape index (κ1) is 40.4. The second kappa shape index (κ2) is 20.6. The fourth-order valence-corrected chi connectivity index (χ4v) is 6.23. The van der Waals surface area contributed by atoms with Gasteiger partial charge in [-0.25, -0.2) is 0 Å². The summed E-state index contributed by atoms with van der Waals surface area (Å²) in [6, 6.07) is 30.4. The molecule has 4 aromatic rings. The van der Waals surface area contributed by atoms with Crippen molar-refractivity contribution in [2.75, 3.05) is 13.7 Å². The van der Waals surface area contributed by atoms with E-state index in [4.69, 9.17) is 9.47 Å². The standard InChI is InChI=1S/C44H53N3O6/c1-30(2)25-39(46-41(49)24-21-33-19-22-37(52-5)23-20-33)44(51)47-38(27-35-17-10-7-11-18-35)40(48)28-36(26-34-15-8-6-9-16-34)45-42(50)29-53-43-31(3)13-12-14-32(43)4/h6-24,30,36,38-40,48H,25-29H2,1-5H3,(H,45,50)(H,46,49)(H,47,51)/t36-,38-,39-,40-/m0/s1. The predicted octanol–water partition coefficient (Wildman–Crippen LogP) is 6.14. The Morgan fingerprint density at radius 3 is 1.92 bits per heavy atom. The van der Waals surface area contributed by atoms with Gasteiger partial charge in [0.05, 0.1) is 19.3 Å². The number of benzene rings is 4. The highest BCUT2D eigenvalue weighted by Gasteiger charge is 2.30. The molecule has 4 N–H and O–H groups in total. The number of methoxy groups -OCH3 is 1. The maximum absolute atomic E-state index is 13.9. The maximum Gasteiger partial charge on any atom is 0.258 e. The number of carbonyl (C=O) groups is 3. The van der Waals surface area contributed by atoms with E-state index < -0.39 is 36.0 Å². The lowest BCUT2D eigenvalue weighted by atomic mass is 9.93. The van der Waals surface area contributed by atoms with Crippen LogP contribution in [0.4, 0.5) is 0 Å². The molecule has 0 aliphatic heterocycles. The van der Waals surface area contributed by atoms with Crippen molar-refractivity contribution in [2.45, 2.75) is 77.6 Å². The molecule has 53 heavy (non-hydrogen) atoms. The highest BCUT2D eigenvalue weighted by molar-refractivity contribution is 5.95. The normalized spacial score (nSPS) is 13.5. The topological polar surface area (TPSA) is 126 Å². The zero-order valence-electron chi connectivity index (χ0n) is 31.4. The molecule has 0 unspecified atom stereocenters. The Morgan fingerprint density at radius 2 is 1.34 bits per heavy atom. The van der Waals surface area contributed by atoms with Crippen LogP contribution in [0.15, 0.2) is 109 Å². The van der Waals surface area contributed by atoms with Gasteiger partial charge in [0.15, 0.2) is 6.61 Å². The summed E-state index contributed by atoms with van der Waals surface area (Å²) < 4.78 is 11.1. The molecule has 4 atom stereocenters. The van der Waals surface area contributed by atoms with Gasteiger partial charge in [0.25, 0.3) is 5.91 Å². The summed E-state index contributed by atoms with van der Waals surface area (Å²) >= 11 is 0. The van der Waals surface area contributed by atoms with Gasteiger partial charge in [0.1, 0.15) is 17.5 Å². The molecule has 0 bridgehead atoms. The summed E-state index contributed by atoms with van der Waals surface area (Å²) in [6.45, 7) is 7.66. The van der Waals surface area contributed by atoms with Gasteiger partial charge in [-0.1, -0.05) is 105 Å². The molecule has 9 nitrogen and oxygen atoms in total. The minimum Gasteiger partial charge on any atom is -0.497 e. The summed E-state index contributed by atoms with van der Waals surface area (Å²) in [5.74, 6) is 0.374. The number of aryl methyl sites for hydroxylation is 2. The van der Waals surface area contributed by atoms with Gasteiger partial charge < -0.3 is 30.5 Å². The van der Waals surface area contributed by atoms with E-state index in [-0.39, 0.29) is 24.9 Å². The molecule has 0 saturated heterocycles. The lowest BCUT2D eigenvalue weighted by molar-refractivity contribution is -0.128. The van der Waals surface area contributed by atoms with Crippen LogP contribution in [0.2, 0.25) is 0 Å². The highest BCUT2D eigenvalue weighted by atomic mass is 16.5. The molecule has 0 aliphatic rings. The number of para-hydroxylation sites is 1. The van der Waals surface area contributed by atoms with Crippen molar-refractivity contribution in [3.63, 3.8) is 0 Å². The summed E-state index contributed by atoms with van der Waals surface area (Å²) in [7, 11) is 1.59. The lowest BCUT2D eigenvalue weighted by Crippen LogP contribution is -2.54. The smallest absolute Gasteiger partial charge is 0.258 e. The van der Waals surface area contributed by atoms with Crippen molar-refractivity contribution in [1.82, 2.24) is 16.0 Å². The number of hydrogen-bond donors (Lipinski definition) is 4. The van der Waals surface area contributed by atoms with Crippen LogP contribution in [0.1, 0.15) is 54.5 Å². The molecule has 9 heteroatoms. The summed E-state index contributed by atoms with van der Waals surface area (Å²) in [5.41, 5.74) is 4.61. The van der Waals surface area contributed by atoms with E-state index in [2.05, 4.69) is 16.0 Å². The molecular formula is C44H53N3O6. The van der Waals surface area contributed by atoms with Crippen molar-refractivity contribution in [3.8, 4) is 11.5 Å². The van der Waals surface area contributed by atoms with Gasteiger partial charge in [-0.05, 0) is 91.5 Å². The highest BCUT2D eigenvalue weighted by Crippen LogP contribution is 2.22. The molecule has 280 valence electrons. The number of nitrogens with one attached hydrogen (secondary N) is 3. The van der Waals surface area contributed by atoms with Crippen LogP contribution >= 0.6 is 0 Å². The van der Waals surface area contributed by atoms with Gasteiger partial charge in [-0.3, -0.25) is 14.4 Å². The monoisotopic (exact) mass is 719 g/mol. The Kier molecular flexibility index (Phi) is 15.7. The summed E-state index contributed by atoms with van der Waals surface area (Å²) in [4.78, 5) is 40.3. The largest absolute Gasteiger partial charge is 0.497 e. The van der Waals surface area contributed by atoms with E-state index in [9.17, 15) is 19.5 Å². The Bertz CT molecular complexity index is 1760. The van der Waals surface area contributed by atoms with Crippen LogP contribution in [-0.4, -0.2) is 60.8 Å². The molecule has 0 saturated carbocycles. The van der Waals surface area contributed by atoms with Gasteiger partial charge >= 0.3 is 0 Å². The zero-order valence-corrected chi connectivity index (χ0v) is 31.4. The average molecular weight is 720 g/mol. The fraction of sp³-hybridized carbons (Fsp3) is 0.341. The Morgan fingerprint density at radius 1 is 0.736 bits per heavy atom. The summed E-state index contributed by atoms with van der Waals surface area (Å²) in [6.07, 6.45) is 3.40. The number of aliphatic hydroxyl groups is 1. The van der Waals surface area contributed by atoms with Crippen LogP contribution in [0.5, 0.6) is 11.5 Å². The van der Waals surface area contributed by atoms with Gasteiger partial charge in [-0.2, -0.15) is 0 Å².